The normalized spacial score (nSPS) is 12.7. The summed E-state index contributed by atoms with van der Waals surface area (Å²) in [5, 5.41) is 0. The van der Waals surface area contributed by atoms with Gasteiger partial charge in [-0.2, -0.15) is 0 Å². The minimum atomic E-state index is -0.303. The molecule has 0 saturated heterocycles. The molecule has 0 bridgehead atoms. The monoisotopic (exact) mass is 309 g/mol. The number of hydrogen-bond donors (Lipinski definition) is 1. The summed E-state index contributed by atoms with van der Waals surface area (Å²) in [6, 6.07) is 18.4. The summed E-state index contributed by atoms with van der Waals surface area (Å²) >= 11 is 0. The van der Waals surface area contributed by atoms with Crippen LogP contribution in [0.15, 0.2) is 66.2 Å². The SMILES string of the molecule is CCOC(=O)C(C)=CC(N)Cc1ccc(-c2ccccc2)cc1. The molecule has 0 fully saturated rings. The Morgan fingerprint density at radius 1 is 1.09 bits per heavy atom. The molecule has 0 spiro atoms. The Labute approximate surface area is 137 Å². The molecule has 1 atom stereocenters. The van der Waals surface area contributed by atoms with E-state index in [0.717, 1.165) is 5.56 Å². The third-order valence-corrected chi connectivity index (χ3v) is 3.59. The van der Waals surface area contributed by atoms with Gasteiger partial charge >= 0.3 is 5.97 Å². The molecule has 2 N–H and O–H groups in total. The van der Waals surface area contributed by atoms with Crippen LogP contribution in [-0.2, 0) is 16.0 Å². The number of esters is 1. The molecule has 120 valence electrons. The Hall–Kier alpha value is -2.39. The highest BCUT2D eigenvalue weighted by Gasteiger charge is 2.08. The molecule has 3 nitrogen and oxygen atoms in total. The van der Waals surface area contributed by atoms with Gasteiger partial charge in [-0.25, -0.2) is 4.79 Å². The van der Waals surface area contributed by atoms with Gasteiger partial charge in [-0.1, -0.05) is 60.7 Å². The van der Waals surface area contributed by atoms with Crippen molar-refractivity contribution in [2.75, 3.05) is 6.61 Å². The fraction of sp³-hybridized carbons (Fsp3) is 0.250. The average molecular weight is 309 g/mol. The molecule has 3 heteroatoms. The van der Waals surface area contributed by atoms with E-state index in [1.807, 2.05) is 18.2 Å². The van der Waals surface area contributed by atoms with Gasteiger partial charge in [0.2, 0.25) is 0 Å². The fourth-order valence-corrected chi connectivity index (χ4v) is 2.43. The molecule has 0 aliphatic heterocycles. The highest BCUT2D eigenvalue weighted by atomic mass is 16.5. The lowest BCUT2D eigenvalue weighted by Crippen LogP contribution is -2.21. The fourth-order valence-electron chi connectivity index (χ4n) is 2.43. The van der Waals surface area contributed by atoms with Gasteiger partial charge in [-0.3, -0.25) is 0 Å². The second kappa shape index (κ2) is 8.30. The van der Waals surface area contributed by atoms with Crippen molar-refractivity contribution in [2.24, 2.45) is 5.73 Å². The minimum absolute atomic E-state index is 0.206. The van der Waals surface area contributed by atoms with Crippen LogP contribution < -0.4 is 5.73 Å². The lowest BCUT2D eigenvalue weighted by molar-refractivity contribution is -0.138. The van der Waals surface area contributed by atoms with Crippen LogP contribution in [0.4, 0.5) is 0 Å². The molecule has 23 heavy (non-hydrogen) atoms. The van der Waals surface area contributed by atoms with Crippen molar-refractivity contribution in [2.45, 2.75) is 26.3 Å². The lowest BCUT2D eigenvalue weighted by atomic mass is 10.00. The predicted molar refractivity (Wildman–Crippen MR) is 93.9 cm³/mol. The second-order valence-electron chi connectivity index (χ2n) is 5.50. The molecule has 2 rings (SSSR count). The first kappa shape index (κ1) is 17.0. The molecule has 2 aromatic carbocycles. The van der Waals surface area contributed by atoms with Crippen LogP contribution >= 0.6 is 0 Å². The van der Waals surface area contributed by atoms with Crippen LogP contribution in [0.2, 0.25) is 0 Å². The first-order valence-electron chi connectivity index (χ1n) is 7.85. The van der Waals surface area contributed by atoms with Crippen LogP contribution in [0.5, 0.6) is 0 Å². The van der Waals surface area contributed by atoms with Crippen molar-refractivity contribution in [3.8, 4) is 11.1 Å². The van der Waals surface area contributed by atoms with Crippen molar-refractivity contribution in [1.29, 1.82) is 0 Å². The number of nitrogens with two attached hydrogens (primary N) is 1. The summed E-state index contributed by atoms with van der Waals surface area (Å²) in [5.41, 5.74) is 10.2. The Balaban J connectivity index is 2.01. The Morgan fingerprint density at radius 3 is 2.30 bits per heavy atom. The summed E-state index contributed by atoms with van der Waals surface area (Å²) in [5.74, 6) is -0.303. The standard InChI is InChI=1S/C20H23NO2/c1-3-23-20(22)15(2)13-19(21)14-16-9-11-18(12-10-16)17-7-5-4-6-8-17/h4-13,19H,3,14,21H2,1-2H3. The average Bonchev–Trinajstić information content (AvgIpc) is 2.56. The largest absolute Gasteiger partial charge is 0.463 e. The van der Waals surface area contributed by atoms with E-state index < -0.39 is 0 Å². The maximum absolute atomic E-state index is 11.6. The van der Waals surface area contributed by atoms with Gasteiger partial charge in [0.05, 0.1) is 6.61 Å². The van der Waals surface area contributed by atoms with E-state index in [-0.39, 0.29) is 12.0 Å². The lowest BCUT2D eigenvalue weighted by Gasteiger charge is -2.10. The Kier molecular flexibility index (Phi) is 6.12. The van der Waals surface area contributed by atoms with Gasteiger partial charge in [0.1, 0.15) is 0 Å². The summed E-state index contributed by atoms with van der Waals surface area (Å²) in [4.78, 5) is 11.6. The second-order valence-corrected chi connectivity index (χ2v) is 5.50. The quantitative estimate of drug-likeness (QED) is 0.653. The number of hydrogen-bond acceptors (Lipinski definition) is 3. The molecule has 1 unspecified atom stereocenters. The van der Waals surface area contributed by atoms with E-state index in [9.17, 15) is 4.79 Å². The van der Waals surface area contributed by atoms with E-state index in [2.05, 4.69) is 36.4 Å². The summed E-state index contributed by atoms with van der Waals surface area (Å²) < 4.78 is 4.96. The van der Waals surface area contributed by atoms with Crippen molar-refractivity contribution in [1.82, 2.24) is 0 Å². The molecule has 0 amide bonds. The van der Waals surface area contributed by atoms with Gasteiger partial charge in [0, 0.05) is 11.6 Å². The van der Waals surface area contributed by atoms with Gasteiger partial charge < -0.3 is 10.5 Å². The molecule has 2 aromatic rings. The summed E-state index contributed by atoms with van der Waals surface area (Å²) in [6.07, 6.45) is 2.45. The number of carbonyl (C=O) groups excluding carboxylic acids is 1. The van der Waals surface area contributed by atoms with Gasteiger partial charge in [-0.15, -0.1) is 0 Å². The topological polar surface area (TPSA) is 52.3 Å². The zero-order valence-corrected chi connectivity index (χ0v) is 13.7. The number of carbonyl (C=O) groups is 1. The molecule has 0 heterocycles. The summed E-state index contributed by atoms with van der Waals surface area (Å²) in [6.45, 7) is 3.90. The molecule has 0 aliphatic rings. The smallest absolute Gasteiger partial charge is 0.333 e. The van der Waals surface area contributed by atoms with Gasteiger partial charge in [0.25, 0.3) is 0 Å². The van der Waals surface area contributed by atoms with E-state index >= 15 is 0 Å². The van der Waals surface area contributed by atoms with E-state index in [1.54, 1.807) is 19.9 Å². The van der Waals surface area contributed by atoms with Crippen LogP contribution in [0, 0.1) is 0 Å². The minimum Gasteiger partial charge on any atom is -0.463 e. The Bertz CT molecular complexity index is 660. The maximum Gasteiger partial charge on any atom is 0.333 e. The van der Waals surface area contributed by atoms with Crippen LogP contribution in [0.1, 0.15) is 19.4 Å². The third-order valence-electron chi connectivity index (χ3n) is 3.59. The molecular formula is C20H23NO2. The van der Waals surface area contributed by atoms with Crippen molar-refractivity contribution in [3.05, 3.63) is 71.8 Å². The van der Waals surface area contributed by atoms with Crippen LogP contribution in [0.25, 0.3) is 11.1 Å². The van der Waals surface area contributed by atoms with Gasteiger partial charge in [-0.05, 0) is 37.0 Å². The first-order chi connectivity index (χ1) is 11.1. The summed E-state index contributed by atoms with van der Waals surface area (Å²) in [7, 11) is 0. The molecule has 0 aromatic heterocycles. The number of ether oxygens (including phenoxy) is 1. The first-order valence-corrected chi connectivity index (χ1v) is 7.85. The molecular weight excluding hydrogens is 286 g/mol. The third kappa shape index (κ3) is 5.08. The highest BCUT2D eigenvalue weighted by molar-refractivity contribution is 5.87. The zero-order chi connectivity index (χ0) is 16.7. The molecule has 0 saturated carbocycles. The number of rotatable bonds is 6. The molecule has 0 radical (unpaired) electrons. The zero-order valence-electron chi connectivity index (χ0n) is 13.7. The predicted octanol–water partition coefficient (Wildman–Crippen LogP) is 3.73. The highest BCUT2D eigenvalue weighted by Crippen LogP contribution is 2.19. The Morgan fingerprint density at radius 2 is 1.70 bits per heavy atom. The van der Waals surface area contributed by atoms with Gasteiger partial charge in [0.15, 0.2) is 0 Å². The van der Waals surface area contributed by atoms with E-state index in [1.165, 1.54) is 11.1 Å². The molecule has 0 aliphatic carbocycles. The maximum atomic E-state index is 11.6. The van der Waals surface area contributed by atoms with Crippen LogP contribution in [0.3, 0.4) is 0 Å². The van der Waals surface area contributed by atoms with Crippen molar-refractivity contribution < 1.29 is 9.53 Å². The van der Waals surface area contributed by atoms with Crippen molar-refractivity contribution >= 4 is 5.97 Å². The van der Waals surface area contributed by atoms with Crippen LogP contribution in [-0.4, -0.2) is 18.6 Å². The number of benzene rings is 2. The van der Waals surface area contributed by atoms with Crippen molar-refractivity contribution in [3.63, 3.8) is 0 Å². The van der Waals surface area contributed by atoms with E-state index in [4.69, 9.17) is 10.5 Å². The van der Waals surface area contributed by atoms with E-state index in [0.29, 0.717) is 18.6 Å².